The van der Waals surface area contributed by atoms with Gasteiger partial charge in [0, 0.05) is 17.4 Å². The van der Waals surface area contributed by atoms with Crippen molar-refractivity contribution in [2.75, 3.05) is 5.32 Å². The summed E-state index contributed by atoms with van der Waals surface area (Å²) in [7, 11) is 0. The molecule has 1 aliphatic carbocycles. The van der Waals surface area contributed by atoms with Gasteiger partial charge in [0.05, 0.1) is 0 Å². The monoisotopic (exact) mass is 380 g/mol. The first-order valence-corrected chi connectivity index (χ1v) is 9.24. The third-order valence-corrected chi connectivity index (χ3v) is 5.93. The van der Waals surface area contributed by atoms with Gasteiger partial charge in [-0.2, -0.15) is 0 Å². The molecule has 0 bridgehead atoms. The van der Waals surface area contributed by atoms with E-state index < -0.39 is 0 Å². The van der Waals surface area contributed by atoms with E-state index in [-0.39, 0.29) is 35.7 Å². The summed E-state index contributed by atoms with van der Waals surface area (Å²) in [5, 5.41) is 12.9. The quantitative estimate of drug-likeness (QED) is 0.846. The van der Waals surface area contributed by atoms with E-state index in [9.17, 15) is 4.79 Å². The highest BCUT2D eigenvalue weighted by Crippen LogP contribution is 2.35. The van der Waals surface area contributed by atoms with E-state index in [0.29, 0.717) is 5.13 Å². The Labute approximate surface area is 158 Å². The first kappa shape index (κ1) is 19.8. The van der Waals surface area contributed by atoms with Crippen molar-refractivity contribution in [2.24, 2.45) is 11.7 Å². The molecule has 3 rings (SSSR count). The lowest BCUT2D eigenvalue weighted by Gasteiger charge is -2.25. The lowest BCUT2D eigenvalue weighted by atomic mass is 9.85. The minimum Gasteiger partial charge on any atom is -0.328 e. The maximum absolute atomic E-state index is 12.4. The summed E-state index contributed by atoms with van der Waals surface area (Å²) in [6, 6.07) is 10.4. The molecular weight excluding hydrogens is 356 g/mol. The zero-order valence-corrected chi connectivity index (χ0v) is 16.2. The average molecular weight is 381 g/mol. The number of hydrogen-bond acceptors (Lipinski definition) is 5. The van der Waals surface area contributed by atoms with E-state index in [1.807, 2.05) is 18.2 Å². The summed E-state index contributed by atoms with van der Waals surface area (Å²) in [6.07, 6.45) is 3.69. The van der Waals surface area contributed by atoms with Crippen LogP contribution >= 0.6 is 23.7 Å². The number of carbonyl (C=O) groups is 1. The molecule has 1 aromatic heterocycles. The van der Waals surface area contributed by atoms with Crippen molar-refractivity contribution in [1.82, 2.24) is 10.2 Å². The van der Waals surface area contributed by atoms with Crippen LogP contribution in [0.1, 0.15) is 50.1 Å². The Morgan fingerprint density at radius 1 is 1.24 bits per heavy atom. The van der Waals surface area contributed by atoms with Crippen LogP contribution < -0.4 is 11.1 Å². The second-order valence-electron chi connectivity index (χ2n) is 7.02. The summed E-state index contributed by atoms with van der Waals surface area (Å²) in [5.74, 6) is 0.00796. The van der Waals surface area contributed by atoms with Gasteiger partial charge in [-0.3, -0.25) is 4.79 Å². The molecule has 7 heteroatoms. The van der Waals surface area contributed by atoms with Crippen LogP contribution in [0.15, 0.2) is 30.3 Å². The number of nitrogens with two attached hydrogens (primary N) is 1. The highest BCUT2D eigenvalue weighted by Gasteiger charge is 2.29. The number of amides is 1. The number of halogens is 1. The molecule has 2 atom stereocenters. The molecule has 2 unspecified atom stereocenters. The smallest absolute Gasteiger partial charge is 0.229 e. The van der Waals surface area contributed by atoms with Crippen LogP contribution in [0.5, 0.6) is 0 Å². The molecule has 2 aromatic rings. The van der Waals surface area contributed by atoms with E-state index in [1.54, 1.807) is 0 Å². The molecule has 5 nitrogen and oxygen atoms in total. The molecule has 1 amide bonds. The Kier molecular flexibility index (Phi) is 6.54. The predicted octanol–water partition coefficient (Wildman–Crippen LogP) is 3.74. The van der Waals surface area contributed by atoms with Crippen molar-refractivity contribution >= 4 is 34.8 Å². The van der Waals surface area contributed by atoms with Crippen LogP contribution in [0.3, 0.4) is 0 Å². The number of benzene rings is 1. The van der Waals surface area contributed by atoms with Crippen LogP contribution in [0.25, 0.3) is 0 Å². The average Bonchev–Trinajstić information content (AvgIpc) is 3.05. The molecule has 0 spiro atoms. The highest BCUT2D eigenvalue weighted by atomic mass is 35.5. The second-order valence-corrected chi connectivity index (χ2v) is 7.99. The fraction of sp³-hybridized carbons (Fsp3) is 0.500. The van der Waals surface area contributed by atoms with E-state index in [0.717, 1.165) is 30.7 Å². The number of hydrogen-bond donors (Lipinski definition) is 2. The van der Waals surface area contributed by atoms with Gasteiger partial charge in [0.1, 0.15) is 5.01 Å². The lowest BCUT2D eigenvalue weighted by molar-refractivity contribution is -0.120. The van der Waals surface area contributed by atoms with Gasteiger partial charge >= 0.3 is 0 Å². The third kappa shape index (κ3) is 4.57. The zero-order valence-electron chi connectivity index (χ0n) is 14.6. The zero-order chi connectivity index (χ0) is 17.2. The third-order valence-electron chi connectivity index (χ3n) is 4.77. The van der Waals surface area contributed by atoms with E-state index >= 15 is 0 Å². The molecule has 0 saturated heterocycles. The lowest BCUT2D eigenvalue weighted by Crippen LogP contribution is -2.34. The van der Waals surface area contributed by atoms with Gasteiger partial charge in [0.2, 0.25) is 11.0 Å². The number of rotatable bonds is 4. The summed E-state index contributed by atoms with van der Waals surface area (Å²) < 4.78 is 0. The van der Waals surface area contributed by atoms with Gasteiger partial charge in [0.25, 0.3) is 0 Å². The molecule has 1 heterocycles. The Bertz CT molecular complexity index is 704. The fourth-order valence-corrected chi connectivity index (χ4v) is 4.05. The maximum Gasteiger partial charge on any atom is 0.229 e. The molecule has 1 fully saturated rings. The van der Waals surface area contributed by atoms with Crippen molar-refractivity contribution in [3.05, 3.63) is 40.9 Å². The maximum atomic E-state index is 12.4. The van der Waals surface area contributed by atoms with Gasteiger partial charge in [-0.15, -0.1) is 22.6 Å². The van der Waals surface area contributed by atoms with E-state index in [4.69, 9.17) is 5.73 Å². The molecule has 1 aliphatic rings. The number of nitrogens with zero attached hydrogens (tertiary/aromatic N) is 2. The standard InChI is InChI=1S/C18H24N4OS.ClH/c1-18(2,13-8-4-3-5-9-13)16-21-22-17(24-16)20-15(23)12-7-6-10-14(19)11-12;/h3-5,8-9,12,14H,6-7,10-11,19H2,1-2H3,(H,20,22,23);1H. The number of anilines is 1. The summed E-state index contributed by atoms with van der Waals surface area (Å²) in [5.41, 5.74) is 6.91. The topological polar surface area (TPSA) is 80.9 Å². The molecule has 1 aromatic carbocycles. The predicted molar refractivity (Wildman–Crippen MR) is 104 cm³/mol. The van der Waals surface area contributed by atoms with Gasteiger partial charge < -0.3 is 11.1 Å². The summed E-state index contributed by atoms with van der Waals surface area (Å²) in [6.45, 7) is 4.24. The SMILES string of the molecule is CC(C)(c1ccccc1)c1nnc(NC(=O)C2CCCC(N)C2)s1.Cl. The Balaban J connectivity index is 0.00000225. The van der Waals surface area contributed by atoms with Crippen molar-refractivity contribution in [3.8, 4) is 0 Å². The van der Waals surface area contributed by atoms with Crippen molar-refractivity contribution in [2.45, 2.75) is 51.0 Å². The Morgan fingerprint density at radius 3 is 2.64 bits per heavy atom. The fourth-order valence-electron chi connectivity index (χ4n) is 3.18. The highest BCUT2D eigenvalue weighted by molar-refractivity contribution is 7.15. The first-order valence-electron chi connectivity index (χ1n) is 8.43. The van der Waals surface area contributed by atoms with Crippen LogP contribution in [0.4, 0.5) is 5.13 Å². The van der Waals surface area contributed by atoms with Crippen molar-refractivity contribution < 1.29 is 4.79 Å². The van der Waals surface area contributed by atoms with E-state index in [2.05, 4.69) is 41.5 Å². The van der Waals surface area contributed by atoms with Crippen molar-refractivity contribution in [3.63, 3.8) is 0 Å². The summed E-state index contributed by atoms with van der Waals surface area (Å²) in [4.78, 5) is 12.4. The van der Waals surface area contributed by atoms with Crippen molar-refractivity contribution in [1.29, 1.82) is 0 Å². The summed E-state index contributed by atoms with van der Waals surface area (Å²) >= 11 is 1.44. The molecule has 0 aliphatic heterocycles. The second kappa shape index (κ2) is 8.25. The number of aromatic nitrogens is 2. The largest absolute Gasteiger partial charge is 0.328 e. The van der Waals surface area contributed by atoms with Crippen LogP contribution in [-0.2, 0) is 10.2 Å². The van der Waals surface area contributed by atoms with E-state index in [1.165, 1.54) is 16.9 Å². The van der Waals surface area contributed by atoms with Gasteiger partial charge in [0.15, 0.2) is 0 Å². The minimum atomic E-state index is -0.241. The Morgan fingerprint density at radius 2 is 1.96 bits per heavy atom. The van der Waals surface area contributed by atoms with Gasteiger partial charge in [-0.05, 0) is 38.7 Å². The number of carbonyl (C=O) groups excluding carboxylic acids is 1. The molecule has 25 heavy (non-hydrogen) atoms. The first-order chi connectivity index (χ1) is 11.5. The van der Waals surface area contributed by atoms with Crippen LogP contribution in [0, 0.1) is 5.92 Å². The molecule has 3 N–H and O–H groups in total. The Hall–Kier alpha value is -1.50. The van der Waals surface area contributed by atoms with Crippen LogP contribution in [-0.4, -0.2) is 22.1 Å². The number of nitrogens with one attached hydrogen (secondary N) is 1. The molecular formula is C18H25ClN4OS. The molecule has 1 saturated carbocycles. The molecule has 0 radical (unpaired) electrons. The molecule has 136 valence electrons. The van der Waals surface area contributed by atoms with Gasteiger partial charge in [-0.25, -0.2) is 0 Å². The van der Waals surface area contributed by atoms with Gasteiger partial charge in [-0.1, -0.05) is 48.1 Å². The van der Waals surface area contributed by atoms with Crippen LogP contribution in [0.2, 0.25) is 0 Å². The minimum absolute atomic E-state index is 0. The normalized spacial score (nSPS) is 20.6.